The normalized spacial score (nSPS) is 35.7. The fraction of sp³-hybridized carbons (Fsp3) is 0.923. The average Bonchev–Trinajstić information content (AvgIpc) is 2.87. The summed E-state index contributed by atoms with van der Waals surface area (Å²) in [6.45, 7) is 0. The highest BCUT2D eigenvalue weighted by atomic mass is 127. The molecule has 0 bridgehead atoms. The molecule has 2 aliphatic rings. The number of rotatable bonds is 1. The fourth-order valence-corrected chi connectivity index (χ4v) is 3.58. The van der Waals surface area contributed by atoms with Gasteiger partial charge in [0.25, 0.3) is 3.91 Å². The Morgan fingerprint density at radius 2 is 1.31 bits per heavy atom. The van der Waals surface area contributed by atoms with Crippen LogP contribution in [0.1, 0.15) is 57.8 Å². The predicted octanol–water partition coefficient (Wildman–Crippen LogP) is 4.27. The molecule has 1 amide bonds. The topological polar surface area (TPSA) is 29.1 Å². The predicted molar refractivity (Wildman–Crippen MR) is 74.9 cm³/mol. The molecule has 0 aromatic rings. The van der Waals surface area contributed by atoms with E-state index < -0.39 is 0 Å². The van der Waals surface area contributed by atoms with Gasteiger partial charge in [0.15, 0.2) is 0 Å². The Balaban J connectivity index is 1.80. The lowest BCUT2D eigenvalue weighted by Crippen LogP contribution is -2.21. The summed E-state index contributed by atoms with van der Waals surface area (Å²) in [6.07, 6.45) is 12.5. The molecule has 2 rings (SSSR count). The van der Waals surface area contributed by atoms with Crippen molar-refractivity contribution < 1.29 is 4.79 Å². The van der Waals surface area contributed by atoms with Crippen molar-refractivity contribution in [2.45, 2.75) is 63.8 Å². The Hall–Kier alpha value is 0.200. The van der Waals surface area contributed by atoms with Crippen molar-refractivity contribution in [2.75, 3.05) is 0 Å². The summed E-state index contributed by atoms with van der Waals surface area (Å²) in [5.41, 5.74) is 0. The second kappa shape index (κ2) is 6.22. The summed E-state index contributed by atoms with van der Waals surface area (Å²) in [6, 6.07) is 0.517. The lowest BCUT2D eigenvalue weighted by Gasteiger charge is -2.02. The first-order chi connectivity index (χ1) is 7.79. The van der Waals surface area contributed by atoms with Gasteiger partial charge in [-0.2, -0.15) is 0 Å². The molecule has 0 aliphatic heterocycles. The van der Waals surface area contributed by atoms with Crippen LogP contribution in [0.25, 0.3) is 0 Å². The maximum Gasteiger partial charge on any atom is 0.280 e. The SMILES string of the molecule is O=C(I)NC1C2CCCCCCCCCC21. The summed E-state index contributed by atoms with van der Waals surface area (Å²) >= 11 is 1.86. The van der Waals surface area contributed by atoms with Crippen LogP contribution < -0.4 is 5.32 Å². The Kier molecular flexibility index (Phi) is 4.92. The molecular formula is C13H22INO. The average molecular weight is 335 g/mol. The van der Waals surface area contributed by atoms with Crippen LogP contribution >= 0.6 is 22.6 Å². The molecule has 2 aliphatic carbocycles. The van der Waals surface area contributed by atoms with Crippen LogP contribution in [0.4, 0.5) is 4.79 Å². The van der Waals surface area contributed by atoms with Gasteiger partial charge in [0.2, 0.25) is 0 Å². The van der Waals surface area contributed by atoms with Crippen LogP contribution in [-0.4, -0.2) is 9.96 Å². The van der Waals surface area contributed by atoms with Crippen LogP contribution in [0.15, 0.2) is 0 Å². The molecule has 0 aromatic heterocycles. The molecule has 0 heterocycles. The molecule has 2 saturated carbocycles. The van der Waals surface area contributed by atoms with Gasteiger partial charge in [-0.15, -0.1) is 0 Å². The van der Waals surface area contributed by atoms with Gasteiger partial charge in [0, 0.05) is 28.6 Å². The van der Waals surface area contributed by atoms with Gasteiger partial charge in [-0.3, -0.25) is 4.79 Å². The molecule has 92 valence electrons. The minimum absolute atomic E-state index is 0.127. The van der Waals surface area contributed by atoms with Crippen LogP contribution in [0.3, 0.4) is 0 Å². The van der Waals surface area contributed by atoms with E-state index in [1.54, 1.807) is 0 Å². The Labute approximate surface area is 112 Å². The molecule has 3 heteroatoms. The quantitative estimate of drug-likeness (QED) is 0.433. The van der Waals surface area contributed by atoms with Crippen LogP contribution in [0.5, 0.6) is 0 Å². The lowest BCUT2D eigenvalue weighted by molar-refractivity contribution is 0.262. The summed E-state index contributed by atoms with van der Waals surface area (Å²) in [4.78, 5) is 11.1. The van der Waals surface area contributed by atoms with Crippen LogP contribution in [0.2, 0.25) is 0 Å². The van der Waals surface area contributed by atoms with E-state index in [1.807, 2.05) is 22.6 Å². The van der Waals surface area contributed by atoms with E-state index in [9.17, 15) is 4.79 Å². The number of carbonyl (C=O) groups excluding carboxylic acids is 1. The van der Waals surface area contributed by atoms with E-state index in [0.29, 0.717) is 6.04 Å². The zero-order chi connectivity index (χ0) is 11.4. The maximum atomic E-state index is 11.1. The van der Waals surface area contributed by atoms with E-state index in [4.69, 9.17) is 0 Å². The number of hydrogen-bond donors (Lipinski definition) is 1. The van der Waals surface area contributed by atoms with Crippen molar-refractivity contribution in [3.8, 4) is 0 Å². The first kappa shape index (κ1) is 12.7. The molecule has 2 unspecified atom stereocenters. The number of amides is 1. The number of hydrogen-bond acceptors (Lipinski definition) is 1. The van der Waals surface area contributed by atoms with Gasteiger partial charge >= 0.3 is 0 Å². The second-order valence-electron chi connectivity index (χ2n) is 5.32. The van der Waals surface area contributed by atoms with Crippen LogP contribution in [0, 0.1) is 11.8 Å². The molecule has 0 spiro atoms. The smallest absolute Gasteiger partial charge is 0.280 e. The fourth-order valence-electron chi connectivity index (χ4n) is 3.22. The van der Waals surface area contributed by atoms with Gasteiger partial charge in [-0.05, 0) is 24.7 Å². The molecule has 2 nitrogen and oxygen atoms in total. The molecule has 2 atom stereocenters. The minimum Gasteiger partial charge on any atom is -0.344 e. The Morgan fingerprint density at radius 1 is 0.875 bits per heavy atom. The Bertz CT molecular complexity index is 228. The Morgan fingerprint density at radius 3 is 1.75 bits per heavy atom. The van der Waals surface area contributed by atoms with Crippen molar-refractivity contribution in [1.82, 2.24) is 5.32 Å². The van der Waals surface area contributed by atoms with E-state index >= 15 is 0 Å². The first-order valence-electron chi connectivity index (χ1n) is 6.75. The van der Waals surface area contributed by atoms with Gasteiger partial charge in [0.1, 0.15) is 0 Å². The van der Waals surface area contributed by atoms with Gasteiger partial charge in [-0.1, -0.05) is 44.9 Å². The van der Waals surface area contributed by atoms with Crippen molar-refractivity contribution in [1.29, 1.82) is 0 Å². The first-order valence-corrected chi connectivity index (χ1v) is 7.83. The van der Waals surface area contributed by atoms with Crippen molar-refractivity contribution in [3.05, 3.63) is 0 Å². The van der Waals surface area contributed by atoms with E-state index in [0.717, 1.165) is 11.8 Å². The van der Waals surface area contributed by atoms with E-state index in [-0.39, 0.29) is 3.91 Å². The molecule has 16 heavy (non-hydrogen) atoms. The third kappa shape index (κ3) is 3.60. The number of halogens is 1. The standard InChI is InChI=1S/C13H22INO/c14-13(16)15-12-10-8-6-4-2-1-3-5-7-9-11(10)12/h10-12H,1-9H2,(H,15,16). The molecule has 2 fully saturated rings. The third-order valence-electron chi connectivity index (χ3n) is 4.19. The summed E-state index contributed by atoms with van der Waals surface area (Å²) in [5, 5.41) is 3.12. The van der Waals surface area contributed by atoms with Gasteiger partial charge in [-0.25, -0.2) is 0 Å². The highest BCUT2D eigenvalue weighted by Crippen LogP contribution is 2.46. The molecule has 0 radical (unpaired) electrons. The minimum atomic E-state index is 0.127. The highest BCUT2D eigenvalue weighted by molar-refractivity contribution is 14.1. The van der Waals surface area contributed by atoms with Gasteiger partial charge in [0.05, 0.1) is 0 Å². The molecular weight excluding hydrogens is 313 g/mol. The van der Waals surface area contributed by atoms with Crippen LogP contribution in [-0.2, 0) is 0 Å². The zero-order valence-corrected chi connectivity index (χ0v) is 12.0. The largest absolute Gasteiger partial charge is 0.344 e. The maximum absolute atomic E-state index is 11.1. The van der Waals surface area contributed by atoms with Crippen molar-refractivity contribution >= 4 is 26.5 Å². The van der Waals surface area contributed by atoms with Gasteiger partial charge < -0.3 is 5.32 Å². The zero-order valence-electron chi connectivity index (χ0n) is 9.88. The third-order valence-corrected chi connectivity index (χ3v) is 4.50. The highest BCUT2D eigenvalue weighted by Gasteiger charge is 2.49. The molecule has 0 aromatic carbocycles. The number of nitrogens with one attached hydrogen (secondary N) is 1. The summed E-state index contributed by atoms with van der Waals surface area (Å²) < 4.78 is 0.127. The number of fused-ring (bicyclic) bond motifs is 1. The van der Waals surface area contributed by atoms with Crippen molar-refractivity contribution in [3.63, 3.8) is 0 Å². The monoisotopic (exact) mass is 335 g/mol. The molecule has 1 N–H and O–H groups in total. The lowest BCUT2D eigenvalue weighted by atomic mass is 10.1. The van der Waals surface area contributed by atoms with E-state index in [1.165, 1.54) is 57.8 Å². The summed E-state index contributed by atoms with van der Waals surface area (Å²) in [5.74, 6) is 1.61. The van der Waals surface area contributed by atoms with E-state index in [2.05, 4.69) is 5.32 Å². The van der Waals surface area contributed by atoms with Crippen molar-refractivity contribution in [2.24, 2.45) is 11.8 Å². The molecule has 0 saturated heterocycles. The second-order valence-corrected chi connectivity index (χ2v) is 6.30. The number of carbonyl (C=O) groups is 1. The summed E-state index contributed by atoms with van der Waals surface area (Å²) in [7, 11) is 0.